The highest BCUT2D eigenvalue weighted by Crippen LogP contribution is 2.30. The van der Waals surface area contributed by atoms with Crippen molar-refractivity contribution in [2.75, 3.05) is 6.54 Å². The first-order valence-corrected chi connectivity index (χ1v) is 11.1. The zero-order valence-corrected chi connectivity index (χ0v) is 18.0. The zero-order valence-electron chi connectivity index (χ0n) is 17.2. The van der Waals surface area contributed by atoms with Crippen molar-refractivity contribution in [1.29, 1.82) is 0 Å². The van der Waals surface area contributed by atoms with E-state index in [9.17, 15) is 23.3 Å². The molecule has 162 valence electrons. The number of likely N-dealkylation sites (N-methyl/N-ethyl adjacent to an activating group) is 1. The van der Waals surface area contributed by atoms with Crippen LogP contribution in [-0.4, -0.2) is 36.2 Å². The molecule has 0 fully saturated rings. The topological polar surface area (TPSA) is 107 Å². The number of esters is 1. The summed E-state index contributed by atoms with van der Waals surface area (Å²) in [5, 5.41) is 11.4. The number of nitrogens with zero attached hydrogens (tertiary/aromatic N) is 2. The van der Waals surface area contributed by atoms with Crippen LogP contribution in [0.4, 0.5) is 5.69 Å². The van der Waals surface area contributed by atoms with Gasteiger partial charge in [0.05, 0.1) is 4.92 Å². The predicted molar refractivity (Wildman–Crippen MR) is 112 cm³/mol. The summed E-state index contributed by atoms with van der Waals surface area (Å²) in [5.74, 6) is -1.04. The molecule has 2 unspecified atom stereocenters. The number of ether oxygens (including phenoxy) is 1. The number of carbonyl (C=O) groups is 1. The number of para-hydroxylation sites is 1. The Morgan fingerprint density at radius 2 is 1.70 bits per heavy atom. The summed E-state index contributed by atoms with van der Waals surface area (Å²) in [7, 11) is -4.32. The molecule has 2 rings (SSSR count). The molecule has 2 aromatic rings. The molecule has 0 N–H and O–H groups in total. The predicted octanol–water partition coefficient (Wildman–Crippen LogP) is 3.76. The van der Waals surface area contributed by atoms with E-state index >= 15 is 0 Å². The van der Waals surface area contributed by atoms with Crippen LogP contribution in [0.3, 0.4) is 0 Å². The summed E-state index contributed by atoms with van der Waals surface area (Å²) in [5.41, 5.74) is 0.245. The first-order valence-electron chi connectivity index (χ1n) is 9.69. The molecule has 2 aromatic carbocycles. The van der Waals surface area contributed by atoms with Crippen LogP contribution in [0.25, 0.3) is 0 Å². The first kappa shape index (κ1) is 23.5. The van der Waals surface area contributed by atoms with Gasteiger partial charge in [-0.15, -0.1) is 0 Å². The Morgan fingerprint density at radius 3 is 2.27 bits per heavy atom. The molecule has 0 radical (unpaired) electrons. The van der Waals surface area contributed by atoms with Crippen LogP contribution in [0, 0.1) is 16.0 Å². The molecule has 0 saturated carbocycles. The van der Waals surface area contributed by atoms with Crippen molar-refractivity contribution in [2.45, 2.75) is 44.7 Å². The number of nitro groups is 1. The van der Waals surface area contributed by atoms with Gasteiger partial charge in [0, 0.05) is 12.6 Å². The van der Waals surface area contributed by atoms with Gasteiger partial charge in [0.1, 0.15) is 12.6 Å². The van der Waals surface area contributed by atoms with E-state index in [0.29, 0.717) is 6.42 Å². The minimum Gasteiger partial charge on any atom is -0.460 e. The molecule has 2 atom stereocenters. The third kappa shape index (κ3) is 5.22. The van der Waals surface area contributed by atoms with E-state index in [-0.39, 0.29) is 19.1 Å². The Morgan fingerprint density at radius 1 is 1.10 bits per heavy atom. The standard InChI is InChI=1S/C21H26N2O6S/c1-4-16(3)20(21(24)29-15-17-11-7-6-8-12-17)22(5-2)30(27,28)19-14-10-9-13-18(19)23(25)26/h6-14,16,20H,4-5,15H2,1-3H3. The molecule has 0 saturated heterocycles. The fourth-order valence-corrected chi connectivity index (χ4v) is 4.98. The van der Waals surface area contributed by atoms with Crippen molar-refractivity contribution in [2.24, 2.45) is 5.92 Å². The second-order valence-corrected chi connectivity index (χ2v) is 8.72. The Balaban J connectivity index is 2.41. The summed E-state index contributed by atoms with van der Waals surface area (Å²) in [6.45, 7) is 5.16. The fourth-order valence-electron chi connectivity index (χ4n) is 3.14. The maximum absolute atomic E-state index is 13.3. The van der Waals surface area contributed by atoms with E-state index in [1.165, 1.54) is 18.2 Å². The van der Waals surface area contributed by atoms with Gasteiger partial charge in [0.25, 0.3) is 15.7 Å². The number of nitro benzene ring substituents is 1. The zero-order chi connectivity index (χ0) is 22.3. The van der Waals surface area contributed by atoms with Crippen molar-refractivity contribution in [3.8, 4) is 0 Å². The molecule has 8 nitrogen and oxygen atoms in total. The van der Waals surface area contributed by atoms with Crippen molar-refractivity contribution < 1.29 is 22.9 Å². The van der Waals surface area contributed by atoms with Gasteiger partial charge in [0.2, 0.25) is 0 Å². The number of carbonyl (C=O) groups excluding carboxylic acids is 1. The molecular formula is C21H26N2O6S. The SMILES string of the molecule is CCC(C)C(C(=O)OCc1ccccc1)N(CC)S(=O)(=O)c1ccccc1[N+](=O)[O-]. The summed E-state index contributed by atoms with van der Waals surface area (Å²) in [6.07, 6.45) is 0.522. The Hall–Kier alpha value is -2.78. The van der Waals surface area contributed by atoms with E-state index in [0.717, 1.165) is 15.9 Å². The van der Waals surface area contributed by atoms with Crippen molar-refractivity contribution >= 4 is 21.7 Å². The van der Waals surface area contributed by atoms with Gasteiger partial charge in [-0.2, -0.15) is 4.31 Å². The van der Waals surface area contributed by atoms with E-state index in [1.54, 1.807) is 26.0 Å². The van der Waals surface area contributed by atoms with Crippen molar-refractivity contribution in [3.63, 3.8) is 0 Å². The van der Waals surface area contributed by atoms with Gasteiger partial charge >= 0.3 is 5.97 Å². The van der Waals surface area contributed by atoms with Gasteiger partial charge in [-0.1, -0.05) is 69.7 Å². The van der Waals surface area contributed by atoms with E-state index < -0.39 is 37.5 Å². The lowest BCUT2D eigenvalue weighted by atomic mass is 9.99. The second kappa shape index (κ2) is 10.3. The Bertz CT molecular complexity index is 978. The Labute approximate surface area is 176 Å². The number of rotatable bonds is 10. The van der Waals surface area contributed by atoms with Crippen molar-refractivity contribution in [1.82, 2.24) is 4.31 Å². The molecular weight excluding hydrogens is 408 g/mol. The van der Waals surface area contributed by atoms with Gasteiger partial charge in [0.15, 0.2) is 4.90 Å². The lowest BCUT2D eigenvalue weighted by Crippen LogP contribution is -2.49. The molecule has 9 heteroatoms. The highest BCUT2D eigenvalue weighted by Gasteiger charge is 2.41. The van der Waals surface area contributed by atoms with Gasteiger partial charge in [-0.05, 0) is 17.5 Å². The molecule has 0 amide bonds. The molecule has 0 bridgehead atoms. The number of hydrogen-bond acceptors (Lipinski definition) is 6. The van der Waals surface area contributed by atoms with Crippen molar-refractivity contribution in [3.05, 3.63) is 70.3 Å². The third-order valence-electron chi connectivity index (χ3n) is 4.92. The molecule has 0 aliphatic heterocycles. The van der Waals surface area contributed by atoms with Crippen LogP contribution >= 0.6 is 0 Å². The maximum Gasteiger partial charge on any atom is 0.325 e. The van der Waals surface area contributed by atoms with Gasteiger partial charge in [-0.3, -0.25) is 14.9 Å². The number of sulfonamides is 1. The van der Waals surface area contributed by atoms with Crippen LogP contribution in [0.1, 0.15) is 32.8 Å². The van der Waals surface area contributed by atoms with E-state index in [4.69, 9.17) is 4.74 Å². The average molecular weight is 435 g/mol. The maximum atomic E-state index is 13.3. The molecule has 0 aliphatic carbocycles. The smallest absolute Gasteiger partial charge is 0.325 e. The molecule has 30 heavy (non-hydrogen) atoms. The highest BCUT2D eigenvalue weighted by molar-refractivity contribution is 7.89. The monoisotopic (exact) mass is 434 g/mol. The second-order valence-electron chi connectivity index (χ2n) is 6.86. The average Bonchev–Trinajstić information content (AvgIpc) is 2.75. The molecule has 0 spiro atoms. The molecule has 0 heterocycles. The highest BCUT2D eigenvalue weighted by atomic mass is 32.2. The minimum atomic E-state index is -4.32. The van der Waals surface area contributed by atoms with Crippen LogP contribution in [0.15, 0.2) is 59.5 Å². The van der Waals surface area contributed by atoms with Gasteiger partial charge < -0.3 is 4.74 Å². The summed E-state index contributed by atoms with van der Waals surface area (Å²) >= 11 is 0. The minimum absolute atomic E-state index is 0.00962. The normalized spacial score (nSPS) is 13.6. The Kier molecular flexibility index (Phi) is 8.08. The number of hydrogen-bond donors (Lipinski definition) is 0. The summed E-state index contributed by atoms with van der Waals surface area (Å²) < 4.78 is 33.1. The fraction of sp³-hybridized carbons (Fsp3) is 0.381. The molecule has 0 aromatic heterocycles. The lowest BCUT2D eigenvalue weighted by molar-refractivity contribution is -0.387. The van der Waals surface area contributed by atoms with Gasteiger partial charge in [-0.25, -0.2) is 8.42 Å². The third-order valence-corrected chi connectivity index (χ3v) is 6.92. The van der Waals surface area contributed by atoms with E-state index in [2.05, 4.69) is 0 Å². The largest absolute Gasteiger partial charge is 0.460 e. The summed E-state index contributed by atoms with van der Waals surface area (Å²) in [4.78, 5) is 23.1. The van der Waals surface area contributed by atoms with Crippen LogP contribution in [0.2, 0.25) is 0 Å². The number of benzene rings is 2. The molecule has 0 aliphatic rings. The van der Waals surface area contributed by atoms with Crippen LogP contribution in [0.5, 0.6) is 0 Å². The quantitative estimate of drug-likeness (QED) is 0.320. The van der Waals surface area contributed by atoms with Crippen LogP contribution in [-0.2, 0) is 26.2 Å². The van der Waals surface area contributed by atoms with Crippen LogP contribution < -0.4 is 0 Å². The lowest BCUT2D eigenvalue weighted by Gasteiger charge is -2.32. The first-order chi connectivity index (χ1) is 14.2. The summed E-state index contributed by atoms with van der Waals surface area (Å²) in [6, 6.07) is 13.1. The van der Waals surface area contributed by atoms with E-state index in [1.807, 2.05) is 25.1 Å².